The van der Waals surface area contributed by atoms with Gasteiger partial charge in [-0.2, -0.15) is 5.10 Å². The second-order valence-electron chi connectivity index (χ2n) is 5.95. The summed E-state index contributed by atoms with van der Waals surface area (Å²) < 4.78 is 0. The fraction of sp³-hybridized carbons (Fsp3) is 0.733. The second kappa shape index (κ2) is 5.87. The van der Waals surface area contributed by atoms with Crippen LogP contribution in [0.3, 0.4) is 0 Å². The van der Waals surface area contributed by atoms with Crippen molar-refractivity contribution in [2.24, 2.45) is 11.7 Å². The van der Waals surface area contributed by atoms with E-state index in [0.717, 1.165) is 31.4 Å². The summed E-state index contributed by atoms with van der Waals surface area (Å²) in [5, 5.41) is 8.85. The number of hydrogen-bond acceptors (Lipinski definition) is 4. The summed E-state index contributed by atoms with van der Waals surface area (Å²) >= 11 is 0. The van der Waals surface area contributed by atoms with E-state index >= 15 is 0 Å². The van der Waals surface area contributed by atoms with Crippen LogP contribution in [-0.2, 0) is 0 Å². The van der Waals surface area contributed by atoms with Crippen molar-refractivity contribution in [1.82, 2.24) is 10.2 Å². The first kappa shape index (κ1) is 12.9. The molecule has 4 nitrogen and oxygen atoms in total. The van der Waals surface area contributed by atoms with Crippen molar-refractivity contribution >= 4 is 5.82 Å². The zero-order valence-corrected chi connectivity index (χ0v) is 11.6. The van der Waals surface area contributed by atoms with Gasteiger partial charge in [-0.25, -0.2) is 0 Å². The SMILES string of the molecule is NCCC1CCN(c2ccc(C3CCC3)nn2)CC1. The molecule has 2 fully saturated rings. The van der Waals surface area contributed by atoms with Crippen LogP contribution < -0.4 is 10.6 Å². The Labute approximate surface area is 115 Å². The summed E-state index contributed by atoms with van der Waals surface area (Å²) in [4.78, 5) is 2.37. The summed E-state index contributed by atoms with van der Waals surface area (Å²) in [7, 11) is 0. The van der Waals surface area contributed by atoms with Crippen molar-refractivity contribution in [3.63, 3.8) is 0 Å². The molecule has 104 valence electrons. The molecule has 0 spiro atoms. The van der Waals surface area contributed by atoms with Crippen molar-refractivity contribution in [2.45, 2.75) is 44.4 Å². The molecule has 2 N–H and O–H groups in total. The minimum atomic E-state index is 0.678. The predicted octanol–water partition coefficient (Wildman–Crippen LogP) is 2.31. The van der Waals surface area contributed by atoms with Crippen LogP contribution in [0.15, 0.2) is 12.1 Å². The molecule has 3 rings (SSSR count). The topological polar surface area (TPSA) is 55.0 Å². The Balaban J connectivity index is 1.57. The monoisotopic (exact) mass is 260 g/mol. The Hall–Kier alpha value is -1.16. The lowest BCUT2D eigenvalue weighted by Gasteiger charge is -2.32. The Morgan fingerprint density at radius 2 is 1.89 bits per heavy atom. The average molecular weight is 260 g/mol. The van der Waals surface area contributed by atoms with Gasteiger partial charge in [0.15, 0.2) is 5.82 Å². The smallest absolute Gasteiger partial charge is 0.151 e. The van der Waals surface area contributed by atoms with Gasteiger partial charge in [-0.3, -0.25) is 0 Å². The normalized spacial score (nSPS) is 21.4. The van der Waals surface area contributed by atoms with Gasteiger partial charge in [0.05, 0.1) is 5.69 Å². The zero-order chi connectivity index (χ0) is 13.1. The van der Waals surface area contributed by atoms with Crippen molar-refractivity contribution in [2.75, 3.05) is 24.5 Å². The van der Waals surface area contributed by atoms with Gasteiger partial charge in [-0.05, 0) is 56.7 Å². The maximum atomic E-state index is 5.63. The van der Waals surface area contributed by atoms with Crippen LogP contribution in [0.25, 0.3) is 0 Å². The number of rotatable bonds is 4. The summed E-state index contributed by atoms with van der Waals surface area (Å²) in [6.45, 7) is 3.02. The highest BCUT2D eigenvalue weighted by Crippen LogP contribution is 2.35. The average Bonchev–Trinajstić information content (AvgIpc) is 2.39. The fourth-order valence-electron chi connectivity index (χ4n) is 3.11. The predicted molar refractivity (Wildman–Crippen MR) is 77.2 cm³/mol. The second-order valence-corrected chi connectivity index (χ2v) is 5.95. The lowest BCUT2D eigenvalue weighted by molar-refractivity contribution is 0.383. The molecule has 1 saturated carbocycles. The molecule has 1 aliphatic heterocycles. The van der Waals surface area contributed by atoms with E-state index in [2.05, 4.69) is 27.2 Å². The van der Waals surface area contributed by atoms with E-state index < -0.39 is 0 Å². The molecule has 2 aliphatic rings. The number of nitrogens with two attached hydrogens (primary N) is 1. The largest absolute Gasteiger partial charge is 0.355 e. The fourth-order valence-corrected chi connectivity index (χ4v) is 3.11. The third-order valence-corrected chi connectivity index (χ3v) is 4.71. The first-order chi connectivity index (χ1) is 9.36. The van der Waals surface area contributed by atoms with Gasteiger partial charge in [0.1, 0.15) is 0 Å². The van der Waals surface area contributed by atoms with Gasteiger partial charge in [0.2, 0.25) is 0 Å². The number of aromatic nitrogens is 2. The molecule has 0 unspecified atom stereocenters. The lowest BCUT2D eigenvalue weighted by atomic mass is 9.83. The van der Waals surface area contributed by atoms with Gasteiger partial charge in [0.25, 0.3) is 0 Å². The molecule has 19 heavy (non-hydrogen) atoms. The standard InChI is InChI=1S/C15H24N4/c16-9-6-12-7-10-19(11-8-12)15-5-4-14(17-18-15)13-2-1-3-13/h4-5,12-13H,1-3,6-11,16H2. The molecule has 4 heteroatoms. The summed E-state index contributed by atoms with van der Waals surface area (Å²) in [6, 6.07) is 4.34. The molecule has 0 atom stereocenters. The third-order valence-electron chi connectivity index (χ3n) is 4.71. The van der Waals surface area contributed by atoms with Crippen LogP contribution in [0.4, 0.5) is 5.82 Å². The molecular formula is C15H24N4. The van der Waals surface area contributed by atoms with Crippen LogP contribution in [0.2, 0.25) is 0 Å². The van der Waals surface area contributed by atoms with Crippen LogP contribution in [0.5, 0.6) is 0 Å². The molecule has 1 aromatic heterocycles. The molecule has 1 aliphatic carbocycles. The maximum Gasteiger partial charge on any atom is 0.151 e. The Bertz CT molecular complexity index is 391. The molecule has 0 radical (unpaired) electrons. The Morgan fingerprint density at radius 3 is 2.42 bits per heavy atom. The van der Waals surface area contributed by atoms with E-state index in [1.54, 1.807) is 0 Å². The van der Waals surface area contributed by atoms with E-state index in [0.29, 0.717) is 5.92 Å². The van der Waals surface area contributed by atoms with Crippen LogP contribution >= 0.6 is 0 Å². The Morgan fingerprint density at radius 1 is 1.11 bits per heavy atom. The number of nitrogens with zero attached hydrogens (tertiary/aromatic N) is 3. The van der Waals surface area contributed by atoms with E-state index in [9.17, 15) is 0 Å². The molecular weight excluding hydrogens is 236 g/mol. The van der Waals surface area contributed by atoms with Gasteiger partial charge in [0, 0.05) is 19.0 Å². The highest BCUT2D eigenvalue weighted by atomic mass is 15.3. The van der Waals surface area contributed by atoms with Gasteiger partial charge >= 0.3 is 0 Å². The summed E-state index contributed by atoms with van der Waals surface area (Å²) in [5.74, 6) is 2.54. The Kier molecular flexibility index (Phi) is 3.97. The van der Waals surface area contributed by atoms with E-state index in [-0.39, 0.29) is 0 Å². The van der Waals surface area contributed by atoms with Gasteiger partial charge < -0.3 is 10.6 Å². The van der Waals surface area contributed by atoms with Gasteiger partial charge in [-0.1, -0.05) is 6.42 Å². The van der Waals surface area contributed by atoms with E-state index in [1.165, 1.54) is 44.2 Å². The van der Waals surface area contributed by atoms with E-state index in [4.69, 9.17) is 5.73 Å². The van der Waals surface area contributed by atoms with Crippen LogP contribution in [0, 0.1) is 5.92 Å². The molecule has 0 amide bonds. The number of piperidine rings is 1. The zero-order valence-electron chi connectivity index (χ0n) is 11.6. The minimum Gasteiger partial charge on any atom is -0.355 e. The van der Waals surface area contributed by atoms with Crippen molar-refractivity contribution in [3.05, 3.63) is 17.8 Å². The van der Waals surface area contributed by atoms with Gasteiger partial charge in [-0.15, -0.1) is 5.10 Å². The minimum absolute atomic E-state index is 0.678. The molecule has 1 saturated heterocycles. The van der Waals surface area contributed by atoms with Crippen molar-refractivity contribution < 1.29 is 0 Å². The molecule has 1 aromatic rings. The first-order valence-corrected chi connectivity index (χ1v) is 7.65. The molecule has 0 bridgehead atoms. The van der Waals surface area contributed by atoms with E-state index in [1.807, 2.05) is 0 Å². The highest BCUT2D eigenvalue weighted by molar-refractivity contribution is 5.38. The molecule has 0 aromatic carbocycles. The quantitative estimate of drug-likeness (QED) is 0.902. The summed E-state index contributed by atoms with van der Waals surface area (Å²) in [5.41, 5.74) is 6.82. The summed E-state index contributed by atoms with van der Waals surface area (Å²) in [6.07, 6.45) is 7.58. The van der Waals surface area contributed by atoms with Crippen molar-refractivity contribution in [3.8, 4) is 0 Å². The first-order valence-electron chi connectivity index (χ1n) is 7.65. The number of hydrogen-bond donors (Lipinski definition) is 1. The van der Waals surface area contributed by atoms with Crippen molar-refractivity contribution in [1.29, 1.82) is 0 Å². The highest BCUT2D eigenvalue weighted by Gasteiger charge is 2.23. The third kappa shape index (κ3) is 2.89. The lowest BCUT2D eigenvalue weighted by Crippen LogP contribution is -2.35. The van der Waals surface area contributed by atoms with Crippen LogP contribution in [0.1, 0.15) is 50.1 Å². The molecule has 2 heterocycles. The number of anilines is 1. The maximum absolute atomic E-state index is 5.63. The van der Waals surface area contributed by atoms with Crippen LogP contribution in [-0.4, -0.2) is 29.8 Å².